The third kappa shape index (κ3) is 264. The van der Waals surface area contributed by atoms with Crippen LogP contribution in [0.4, 0.5) is 0 Å². The summed E-state index contributed by atoms with van der Waals surface area (Å²) in [7, 11) is 0. The first kappa shape index (κ1) is 9.00. The Morgan fingerprint density at radius 1 is 1.80 bits per heavy atom. The molecular formula is C2H5CrO2-. The molecule has 0 unspecified atom stereocenters. The summed E-state index contributed by atoms with van der Waals surface area (Å²) < 4.78 is 8.12. The van der Waals surface area contributed by atoms with E-state index in [0.717, 1.165) is 0 Å². The Morgan fingerprint density at radius 2 is 1.80 bits per heavy atom. The van der Waals surface area contributed by atoms with Crippen LogP contribution < -0.4 is 0 Å². The molecule has 0 aromatic heterocycles. The second-order valence-electron chi connectivity index (χ2n) is 0.224. The molecule has 0 atom stereocenters. The first-order chi connectivity index (χ1) is 2.41. The molecule has 32 valence electrons. The van der Waals surface area contributed by atoms with E-state index in [9.17, 15) is 0 Å². The molecule has 0 aliphatic carbocycles. The molecule has 0 saturated heterocycles. The fourth-order valence-electron chi connectivity index (χ4n) is 0. The zero-order valence-electron chi connectivity index (χ0n) is 2.68. The summed E-state index contributed by atoms with van der Waals surface area (Å²) in [5.41, 5.74) is 0. The third-order valence-corrected chi connectivity index (χ3v) is 0. The van der Waals surface area contributed by atoms with E-state index < -0.39 is 0 Å². The summed E-state index contributed by atoms with van der Waals surface area (Å²) >= 11 is 1.38. The van der Waals surface area contributed by atoms with Gasteiger partial charge in [0.2, 0.25) is 0 Å². The van der Waals surface area contributed by atoms with E-state index in [1.165, 1.54) is 16.2 Å². The quantitative estimate of drug-likeness (QED) is 0.437. The Hall–Kier alpha value is 0.292. The molecule has 3 heteroatoms. The Kier molecular flexibility index (Phi) is 50.1. The zero-order chi connectivity index (χ0) is 4.71. The molecule has 0 amide bonds. The summed E-state index contributed by atoms with van der Waals surface area (Å²) in [6.07, 6.45) is 0. The molecule has 2 nitrogen and oxygen atoms in total. The van der Waals surface area contributed by atoms with Gasteiger partial charge in [-0.1, -0.05) is 6.61 Å². The summed E-state index contributed by atoms with van der Waals surface area (Å²) in [4.78, 5) is 0. The van der Waals surface area contributed by atoms with E-state index in [-0.39, 0.29) is 6.61 Å². The summed E-state index contributed by atoms with van der Waals surface area (Å²) in [6.45, 7) is 3.04. The zero-order valence-corrected chi connectivity index (χ0v) is 3.95. The van der Waals surface area contributed by atoms with Crippen molar-refractivity contribution in [1.82, 2.24) is 0 Å². The number of aliphatic hydroxyl groups is 1. The van der Waals surface area contributed by atoms with Crippen molar-refractivity contribution >= 4 is 0 Å². The topological polar surface area (TPSA) is 37.3 Å². The van der Waals surface area contributed by atoms with Crippen LogP contribution in [0, 0.1) is 6.92 Å². The molecule has 0 aliphatic heterocycles. The van der Waals surface area contributed by atoms with Gasteiger partial charge in [0.05, 0.1) is 0 Å². The number of hydrogen-bond acceptors (Lipinski definition) is 2. The minimum atomic E-state index is 0. The van der Waals surface area contributed by atoms with E-state index >= 15 is 0 Å². The average Bonchev–Trinajstić information content (AvgIpc) is 1.46. The Morgan fingerprint density at radius 3 is 1.80 bits per heavy atom. The van der Waals surface area contributed by atoms with Crippen molar-refractivity contribution in [3.63, 3.8) is 0 Å². The molecular weight excluding hydrogens is 108 g/mol. The van der Waals surface area contributed by atoms with Crippen LogP contribution in [-0.4, -0.2) is 11.7 Å². The van der Waals surface area contributed by atoms with E-state index in [0.29, 0.717) is 0 Å². The van der Waals surface area contributed by atoms with Crippen LogP contribution in [0.3, 0.4) is 0 Å². The normalized spacial score (nSPS) is 4.40. The van der Waals surface area contributed by atoms with Gasteiger partial charge >= 0.3 is 20.0 Å². The Balaban J connectivity index is 0. The molecule has 0 aliphatic rings. The Bertz CT molecular complexity index is 11.6. The average molecular weight is 113 g/mol. The van der Waals surface area contributed by atoms with Gasteiger partial charge in [0.25, 0.3) is 0 Å². The van der Waals surface area contributed by atoms with Gasteiger partial charge in [0.1, 0.15) is 0 Å². The molecule has 0 spiro atoms. The molecule has 0 saturated carbocycles. The van der Waals surface area contributed by atoms with Crippen LogP contribution in [0.2, 0.25) is 0 Å². The molecule has 0 rings (SSSR count). The molecule has 0 aromatic rings. The first-order valence-corrected chi connectivity index (χ1v) is 1.50. The predicted octanol–water partition coefficient (Wildman–Crippen LogP) is -0.309. The second-order valence-corrected chi connectivity index (χ2v) is 0.224. The van der Waals surface area contributed by atoms with Crippen molar-refractivity contribution < 1.29 is 25.1 Å². The van der Waals surface area contributed by atoms with E-state index in [1.807, 2.05) is 0 Å². The van der Waals surface area contributed by atoms with Crippen molar-refractivity contribution in [1.29, 1.82) is 0 Å². The van der Waals surface area contributed by atoms with Gasteiger partial charge < -0.3 is 12.0 Å². The van der Waals surface area contributed by atoms with Crippen molar-refractivity contribution in [2.75, 3.05) is 6.61 Å². The van der Waals surface area contributed by atoms with Gasteiger partial charge in [-0.15, -0.1) is 0 Å². The van der Waals surface area contributed by atoms with Crippen molar-refractivity contribution in [2.45, 2.75) is 0 Å². The molecule has 0 bridgehead atoms. The molecule has 5 heavy (non-hydrogen) atoms. The standard InChI is InChI=1S/C2H5O.Cr.O/c1-2-3;;/h3H,1-2H2;;/q-1;;. The van der Waals surface area contributed by atoms with Crippen molar-refractivity contribution in [3.05, 3.63) is 6.92 Å². The van der Waals surface area contributed by atoms with Gasteiger partial charge in [-0.2, -0.15) is 0 Å². The Labute approximate surface area is 39.4 Å². The van der Waals surface area contributed by atoms with Gasteiger partial charge in [0, 0.05) is 0 Å². The van der Waals surface area contributed by atoms with E-state index in [2.05, 4.69) is 6.92 Å². The van der Waals surface area contributed by atoms with Crippen LogP contribution in [0.1, 0.15) is 0 Å². The number of rotatable bonds is 0. The van der Waals surface area contributed by atoms with Crippen LogP contribution in [0.25, 0.3) is 0 Å². The maximum atomic E-state index is 8.12. The fourth-order valence-corrected chi connectivity index (χ4v) is 0. The van der Waals surface area contributed by atoms with Gasteiger partial charge in [-0.25, -0.2) is 0 Å². The van der Waals surface area contributed by atoms with E-state index in [1.54, 1.807) is 0 Å². The van der Waals surface area contributed by atoms with E-state index in [4.69, 9.17) is 8.91 Å². The number of hydrogen-bond donors (Lipinski definition) is 1. The minimum absolute atomic E-state index is 0. The predicted molar refractivity (Wildman–Crippen MR) is 13.1 cm³/mol. The third-order valence-electron chi connectivity index (χ3n) is 0. The van der Waals surface area contributed by atoms with Gasteiger partial charge in [-0.3, -0.25) is 0 Å². The van der Waals surface area contributed by atoms with Crippen LogP contribution in [-0.2, 0) is 20.0 Å². The molecule has 0 fully saturated rings. The van der Waals surface area contributed by atoms with Crippen molar-refractivity contribution in [2.24, 2.45) is 0 Å². The molecule has 1 N–H and O–H groups in total. The molecule has 0 heterocycles. The summed E-state index contributed by atoms with van der Waals surface area (Å²) in [5.74, 6) is 0. The second kappa shape index (κ2) is 27.9. The molecule has 0 radical (unpaired) electrons. The monoisotopic (exact) mass is 113 g/mol. The molecule has 0 aromatic carbocycles. The summed E-state index contributed by atoms with van der Waals surface area (Å²) in [5, 5.41) is 7.46. The van der Waals surface area contributed by atoms with Crippen LogP contribution in [0.5, 0.6) is 0 Å². The fraction of sp³-hybridized carbons (Fsp3) is 0.500. The maximum absolute atomic E-state index is 8.12. The summed E-state index contributed by atoms with van der Waals surface area (Å²) in [6, 6.07) is 0. The number of aliphatic hydroxyl groups excluding tert-OH is 1. The van der Waals surface area contributed by atoms with Crippen LogP contribution in [0.15, 0.2) is 0 Å². The first-order valence-electron chi connectivity index (χ1n) is 0.983. The van der Waals surface area contributed by atoms with Gasteiger partial charge in [0.15, 0.2) is 0 Å². The van der Waals surface area contributed by atoms with Crippen LogP contribution >= 0.6 is 0 Å². The van der Waals surface area contributed by atoms with Gasteiger partial charge in [-0.05, 0) is 0 Å². The SMILES string of the molecule is [CH2-]CO.[O]=[Cr]. The van der Waals surface area contributed by atoms with Crippen molar-refractivity contribution in [3.8, 4) is 0 Å².